The van der Waals surface area contributed by atoms with Crippen molar-refractivity contribution in [2.75, 3.05) is 0 Å². The highest BCUT2D eigenvalue weighted by Crippen LogP contribution is 2.48. The molecule has 0 amide bonds. The number of carbonyl (C=O) groups is 2. The van der Waals surface area contributed by atoms with E-state index >= 15 is 0 Å². The molecule has 4 heteroatoms. The van der Waals surface area contributed by atoms with E-state index in [2.05, 4.69) is 33.9 Å². The summed E-state index contributed by atoms with van der Waals surface area (Å²) >= 11 is 0. The molecule has 0 aliphatic heterocycles. The first kappa shape index (κ1) is 13.9. The third kappa shape index (κ3) is 2.20. The molecule has 18 heavy (non-hydrogen) atoms. The Morgan fingerprint density at radius 3 is 2.06 bits per heavy atom. The van der Waals surface area contributed by atoms with Gasteiger partial charge in [0.15, 0.2) is 8.32 Å². The first-order valence-corrected chi connectivity index (χ1v) is 9.73. The molecule has 3 saturated carbocycles. The van der Waals surface area contributed by atoms with Gasteiger partial charge < -0.3 is 4.43 Å². The molecule has 0 aromatic carbocycles. The molecular weight excluding hydrogens is 244 g/mol. The van der Waals surface area contributed by atoms with Crippen LogP contribution in [0.1, 0.15) is 46.5 Å². The number of hydrogen-bond acceptors (Lipinski definition) is 3. The normalized spacial score (nSPS) is 33.1. The Balaban J connectivity index is 2.23. The van der Waals surface area contributed by atoms with E-state index < -0.39 is 13.9 Å². The Hall–Kier alpha value is -0.483. The lowest BCUT2D eigenvalue weighted by molar-refractivity contribution is -0.151. The molecule has 0 atom stereocenters. The minimum atomic E-state index is -1.92. The van der Waals surface area contributed by atoms with Crippen molar-refractivity contribution in [3.8, 4) is 0 Å². The summed E-state index contributed by atoms with van der Waals surface area (Å²) in [7, 11) is -1.92. The van der Waals surface area contributed by atoms with Crippen LogP contribution in [0.3, 0.4) is 0 Å². The van der Waals surface area contributed by atoms with Crippen molar-refractivity contribution in [2.45, 2.75) is 70.2 Å². The van der Waals surface area contributed by atoms with E-state index in [1.165, 1.54) is 0 Å². The summed E-state index contributed by atoms with van der Waals surface area (Å²) in [5, 5.41) is 0.113. The summed E-state index contributed by atoms with van der Waals surface area (Å²) in [6, 6.07) is 0. The Morgan fingerprint density at radius 1 is 1.17 bits per heavy atom. The minimum Gasteiger partial charge on any atom is -0.410 e. The smallest absolute Gasteiger partial charge is 0.192 e. The van der Waals surface area contributed by atoms with Gasteiger partial charge in [0, 0.05) is 12.8 Å². The fourth-order valence-corrected chi connectivity index (χ4v) is 4.48. The van der Waals surface area contributed by atoms with Crippen molar-refractivity contribution in [1.29, 1.82) is 0 Å². The van der Waals surface area contributed by atoms with Gasteiger partial charge in [-0.2, -0.15) is 0 Å². The van der Waals surface area contributed by atoms with E-state index in [-0.39, 0.29) is 22.5 Å². The minimum absolute atomic E-state index is 0.108. The fourth-order valence-electron chi connectivity index (χ4n) is 2.85. The van der Waals surface area contributed by atoms with Crippen molar-refractivity contribution in [1.82, 2.24) is 0 Å². The van der Waals surface area contributed by atoms with Crippen LogP contribution in [0.4, 0.5) is 0 Å². The second-order valence-electron chi connectivity index (χ2n) is 7.42. The van der Waals surface area contributed by atoms with Gasteiger partial charge in [-0.05, 0) is 31.0 Å². The molecule has 0 aromatic heterocycles. The molecule has 0 unspecified atom stereocenters. The van der Waals surface area contributed by atoms with Gasteiger partial charge in [0.05, 0.1) is 11.5 Å². The summed E-state index contributed by atoms with van der Waals surface area (Å²) in [4.78, 5) is 23.8. The van der Waals surface area contributed by atoms with E-state index in [0.717, 1.165) is 6.42 Å². The lowest BCUT2D eigenvalue weighted by Crippen LogP contribution is -2.58. The zero-order valence-electron chi connectivity index (χ0n) is 12.1. The number of rotatable bonds is 2. The SMILES string of the molecule is CC(C)(C)[Si](C)(C)OC12CCC(C(=O)C1)C(=O)C2. The molecule has 0 saturated heterocycles. The van der Waals surface area contributed by atoms with Gasteiger partial charge in [-0.25, -0.2) is 0 Å². The van der Waals surface area contributed by atoms with E-state index in [1.807, 2.05) is 0 Å². The third-order valence-electron chi connectivity index (χ3n) is 4.94. The van der Waals surface area contributed by atoms with Crippen LogP contribution < -0.4 is 0 Å². The van der Waals surface area contributed by atoms with Crippen LogP contribution in [-0.2, 0) is 14.0 Å². The number of hydrogen-bond donors (Lipinski definition) is 0. The highest BCUT2D eigenvalue weighted by molar-refractivity contribution is 6.74. The first-order chi connectivity index (χ1) is 8.06. The van der Waals surface area contributed by atoms with Crippen LogP contribution in [0.2, 0.25) is 18.1 Å². The molecule has 3 rings (SSSR count). The monoisotopic (exact) mass is 268 g/mol. The quantitative estimate of drug-likeness (QED) is 0.571. The predicted molar refractivity (Wildman–Crippen MR) is 73.0 cm³/mol. The molecule has 0 radical (unpaired) electrons. The fraction of sp³-hybridized carbons (Fsp3) is 0.857. The van der Waals surface area contributed by atoms with E-state index in [0.29, 0.717) is 19.3 Å². The lowest BCUT2D eigenvalue weighted by Gasteiger charge is -2.50. The molecule has 3 aliphatic carbocycles. The Morgan fingerprint density at radius 2 is 1.67 bits per heavy atom. The van der Waals surface area contributed by atoms with Crippen LogP contribution in [0.15, 0.2) is 0 Å². The topological polar surface area (TPSA) is 43.4 Å². The lowest BCUT2D eigenvalue weighted by atomic mass is 9.66. The zero-order chi connectivity index (χ0) is 13.8. The standard InChI is InChI=1S/C14H24O3Si/c1-13(2,3)18(4,5)17-14-7-6-10(11(15)8-14)12(16)9-14/h10H,6-9H2,1-5H3. The van der Waals surface area contributed by atoms with Gasteiger partial charge in [-0.3, -0.25) is 9.59 Å². The molecule has 3 aliphatic rings. The van der Waals surface area contributed by atoms with Crippen LogP contribution in [-0.4, -0.2) is 25.5 Å². The first-order valence-electron chi connectivity index (χ1n) is 6.82. The van der Waals surface area contributed by atoms with Crippen LogP contribution >= 0.6 is 0 Å². The molecule has 0 heterocycles. The maximum atomic E-state index is 11.9. The van der Waals surface area contributed by atoms with Gasteiger partial charge in [0.25, 0.3) is 0 Å². The highest BCUT2D eigenvalue weighted by Gasteiger charge is 2.54. The van der Waals surface area contributed by atoms with Gasteiger partial charge in [0.2, 0.25) is 0 Å². The summed E-state index contributed by atoms with van der Waals surface area (Å²) in [6.07, 6.45) is 2.49. The number of fused-ring (bicyclic) bond motifs is 3. The Bertz CT molecular complexity index is 374. The van der Waals surface area contributed by atoms with Crippen LogP contribution in [0.25, 0.3) is 0 Å². The van der Waals surface area contributed by atoms with Crippen LogP contribution in [0.5, 0.6) is 0 Å². The van der Waals surface area contributed by atoms with Crippen molar-refractivity contribution < 1.29 is 14.0 Å². The number of carbonyl (C=O) groups excluding carboxylic acids is 2. The summed E-state index contributed by atoms with van der Waals surface area (Å²) < 4.78 is 6.46. The Kier molecular flexibility index (Phi) is 3.10. The molecule has 0 aromatic rings. The molecule has 3 fully saturated rings. The second kappa shape index (κ2) is 4.00. The van der Waals surface area contributed by atoms with Crippen molar-refractivity contribution in [3.05, 3.63) is 0 Å². The van der Waals surface area contributed by atoms with Gasteiger partial charge in [-0.1, -0.05) is 20.8 Å². The number of Topliss-reactive ketones (excluding diaryl/α,β-unsaturated/α-hetero) is 2. The van der Waals surface area contributed by atoms with E-state index in [4.69, 9.17) is 4.43 Å². The zero-order valence-corrected chi connectivity index (χ0v) is 13.1. The van der Waals surface area contributed by atoms with Crippen molar-refractivity contribution in [2.24, 2.45) is 5.92 Å². The van der Waals surface area contributed by atoms with E-state index in [1.54, 1.807) is 0 Å². The second-order valence-corrected chi connectivity index (χ2v) is 12.1. The maximum Gasteiger partial charge on any atom is 0.192 e. The summed E-state index contributed by atoms with van der Waals surface area (Å²) in [5.74, 6) is -0.0951. The molecule has 102 valence electrons. The van der Waals surface area contributed by atoms with Gasteiger partial charge in [0.1, 0.15) is 11.6 Å². The average molecular weight is 268 g/mol. The molecular formula is C14H24O3Si. The molecule has 0 spiro atoms. The maximum absolute atomic E-state index is 11.9. The molecule has 3 nitrogen and oxygen atoms in total. The third-order valence-corrected chi connectivity index (χ3v) is 9.49. The number of ketones is 2. The van der Waals surface area contributed by atoms with Gasteiger partial charge >= 0.3 is 0 Å². The highest BCUT2D eigenvalue weighted by atomic mass is 28.4. The predicted octanol–water partition coefficient (Wildman–Crippen LogP) is 3.09. The van der Waals surface area contributed by atoms with Gasteiger partial charge in [-0.15, -0.1) is 0 Å². The molecule has 0 N–H and O–H groups in total. The van der Waals surface area contributed by atoms with Crippen molar-refractivity contribution >= 4 is 19.9 Å². The molecule has 2 bridgehead atoms. The average Bonchev–Trinajstić information content (AvgIpc) is 2.12. The van der Waals surface area contributed by atoms with Crippen LogP contribution in [0, 0.1) is 5.92 Å². The largest absolute Gasteiger partial charge is 0.410 e. The van der Waals surface area contributed by atoms with Crippen molar-refractivity contribution in [3.63, 3.8) is 0 Å². The van der Waals surface area contributed by atoms with E-state index in [9.17, 15) is 9.59 Å². The summed E-state index contributed by atoms with van der Waals surface area (Å²) in [6.45, 7) is 10.9. The Labute approximate surface area is 110 Å². The summed E-state index contributed by atoms with van der Waals surface area (Å²) in [5.41, 5.74) is -0.466.